The smallest absolute Gasteiger partial charge is 0.176 e. The molecule has 2 rings (SSSR count). The zero-order valence-electron chi connectivity index (χ0n) is 11.4. The van der Waals surface area contributed by atoms with Gasteiger partial charge in [0.05, 0.1) is 24.2 Å². The van der Waals surface area contributed by atoms with Crippen LogP contribution < -0.4 is 14.8 Å². The summed E-state index contributed by atoms with van der Waals surface area (Å²) in [5, 5.41) is 2.85. The Morgan fingerprint density at radius 2 is 2.05 bits per heavy atom. The fraction of sp³-hybridized carbons (Fsp3) is 0.500. The van der Waals surface area contributed by atoms with Gasteiger partial charge in [-0.05, 0) is 35.1 Å². The van der Waals surface area contributed by atoms with Crippen molar-refractivity contribution < 1.29 is 14.3 Å². The highest BCUT2D eigenvalue weighted by Crippen LogP contribution is 2.40. The molecule has 104 valence electrons. The number of carbonyl (C=O) groups is 1. The number of hydrogen-bond acceptors (Lipinski definition) is 4. The summed E-state index contributed by atoms with van der Waals surface area (Å²) in [4.78, 5) is 11.9. The normalized spacial score (nSPS) is 16.8. The number of fused-ring (bicyclic) bond motifs is 1. The lowest BCUT2D eigenvalue weighted by Crippen LogP contribution is -2.26. The van der Waals surface area contributed by atoms with Gasteiger partial charge in [0.2, 0.25) is 0 Å². The van der Waals surface area contributed by atoms with Crippen LogP contribution in [-0.2, 0) is 0 Å². The second kappa shape index (κ2) is 5.51. The first kappa shape index (κ1) is 14.3. The van der Waals surface area contributed by atoms with Crippen LogP contribution in [0.1, 0.15) is 24.2 Å². The first-order valence-electron chi connectivity index (χ1n) is 6.20. The summed E-state index contributed by atoms with van der Waals surface area (Å²) in [5.41, 5.74) is 0.566. The molecule has 0 bridgehead atoms. The number of ketones is 1. The lowest BCUT2D eigenvalue weighted by atomic mass is 9.97. The fourth-order valence-electron chi connectivity index (χ4n) is 1.82. The molecule has 0 unspecified atom stereocenters. The quantitative estimate of drug-likeness (QED) is 0.867. The van der Waals surface area contributed by atoms with E-state index in [4.69, 9.17) is 9.47 Å². The Morgan fingerprint density at radius 1 is 1.37 bits per heavy atom. The number of nitrogens with one attached hydrogen (secondary N) is 1. The van der Waals surface area contributed by atoms with Crippen molar-refractivity contribution in [3.63, 3.8) is 0 Å². The SMILES string of the molecule is CNCC(=O)c1cc(Br)c2c(c1)OCC(C)(C)CO2. The molecule has 1 aliphatic heterocycles. The largest absolute Gasteiger partial charge is 0.489 e. The predicted molar refractivity (Wildman–Crippen MR) is 77.2 cm³/mol. The van der Waals surface area contributed by atoms with Crippen LogP contribution in [0, 0.1) is 5.41 Å². The Labute approximate surface area is 121 Å². The summed E-state index contributed by atoms with van der Waals surface area (Å²) in [6.45, 7) is 5.62. The standard InChI is InChI=1S/C14H18BrNO3/c1-14(2)7-18-12-5-9(11(17)6-16-3)4-10(15)13(12)19-8-14/h4-5,16H,6-8H2,1-3H3. The van der Waals surface area contributed by atoms with Crippen LogP contribution >= 0.6 is 15.9 Å². The number of likely N-dealkylation sites (N-methyl/N-ethyl adjacent to an activating group) is 1. The molecular weight excluding hydrogens is 310 g/mol. The van der Waals surface area contributed by atoms with Crippen LogP contribution in [0.3, 0.4) is 0 Å². The van der Waals surface area contributed by atoms with E-state index in [1.54, 1.807) is 19.2 Å². The second-order valence-electron chi connectivity index (χ2n) is 5.48. The van der Waals surface area contributed by atoms with Gasteiger partial charge in [0, 0.05) is 11.0 Å². The summed E-state index contributed by atoms with van der Waals surface area (Å²) < 4.78 is 12.3. The van der Waals surface area contributed by atoms with Crippen LogP contribution in [0.15, 0.2) is 16.6 Å². The van der Waals surface area contributed by atoms with Gasteiger partial charge in [-0.1, -0.05) is 13.8 Å². The van der Waals surface area contributed by atoms with Gasteiger partial charge in [0.15, 0.2) is 17.3 Å². The topological polar surface area (TPSA) is 47.6 Å². The summed E-state index contributed by atoms with van der Waals surface area (Å²) >= 11 is 3.45. The van der Waals surface area contributed by atoms with Gasteiger partial charge in [-0.2, -0.15) is 0 Å². The van der Waals surface area contributed by atoms with E-state index in [1.807, 2.05) is 0 Å². The van der Waals surface area contributed by atoms with E-state index in [1.165, 1.54) is 0 Å². The molecule has 0 fully saturated rings. The Bertz CT molecular complexity index is 500. The Kier molecular flexibility index (Phi) is 4.16. The molecule has 1 aromatic rings. The lowest BCUT2D eigenvalue weighted by molar-refractivity contribution is 0.0993. The molecule has 4 nitrogen and oxygen atoms in total. The van der Waals surface area contributed by atoms with Crippen LogP contribution in [0.2, 0.25) is 0 Å². The van der Waals surface area contributed by atoms with E-state index in [-0.39, 0.29) is 11.2 Å². The van der Waals surface area contributed by atoms with Crippen LogP contribution in [-0.4, -0.2) is 32.6 Å². The molecule has 0 aromatic heterocycles. The van der Waals surface area contributed by atoms with E-state index in [0.717, 1.165) is 4.47 Å². The van der Waals surface area contributed by atoms with Gasteiger partial charge in [-0.3, -0.25) is 4.79 Å². The fourth-order valence-corrected chi connectivity index (χ4v) is 2.38. The summed E-state index contributed by atoms with van der Waals surface area (Å²) in [5.74, 6) is 1.32. The Hall–Kier alpha value is -1.07. The van der Waals surface area contributed by atoms with E-state index < -0.39 is 0 Å². The van der Waals surface area contributed by atoms with Gasteiger partial charge in [-0.25, -0.2) is 0 Å². The van der Waals surface area contributed by atoms with Crippen LogP contribution in [0.4, 0.5) is 0 Å². The molecule has 1 aliphatic rings. The minimum absolute atomic E-state index is 0.0260. The highest BCUT2D eigenvalue weighted by molar-refractivity contribution is 9.10. The number of benzene rings is 1. The molecule has 0 atom stereocenters. The zero-order valence-corrected chi connectivity index (χ0v) is 13.0. The molecule has 19 heavy (non-hydrogen) atoms. The molecule has 1 N–H and O–H groups in total. The maximum Gasteiger partial charge on any atom is 0.176 e. The number of Topliss-reactive ketones (excluding diaryl/α,β-unsaturated/α-hetero) is 1. The van der Waals surface area contributed by atoms with Gasteiger partial charge in [-0.15, -0.1) is 0 Å². The summed E-state index contributed by atoms with van der Waals surface area (Å²) in [6.07, 6.45) is 0. The van der Waals surface area contributed by atoms with Crippen molar-refractivity contribution in [2.24, 2.45) is 5.41 Å². The zero-order chi connectivity index (χ0) is 14.0. The van der Waals surface area contributed by atoms with E-state index in [2.05, 4.69) is 35.1 Å². The van der Waals surface area contributed by atoms with Gasteiger partial charge in [0.1, 0.15) is 0 Å². The van der Waals surface area contributed by atoms with Crippen molar-refractivity contribution in [1.82, 2.24) is 5.32 Å². The number of hydrogen-bond donors (Lipinski definition) is 1. The van der Waals surface area contributed by atoms with Gasteiger partial charge >= 0.3 is 0 Å². The van der Waals surface area contributed by atoms with Crippen LogP contribution in [0.25, 0.3) is 0 Å². The van der Waals surface area contributed by atoms with Crippen molar-refractivity contribution in [2.75, 3.05) is 26.8 Å². The van der Waals surface area contributed by atoms with Crippen molar-refractivity contribution in [3.8, 4) is 11.5 Å². The summed E-state index contributed by atoms with van der Waals surface area (Å²) in [7, 11) is 1.75. The third-order valence-electron chi connectivity index (χ3n) is 2.89. The first-order valence-corrected chi connectivity index (χ1v) is 6.99. The van der Waals surface area contributed by atoms with Crippen LogP contribution in [0.5, 0.6) is 11.5 Å². The molecule has 0 saturated carbocycles. The third-order valence-corrected chi connectivity index (χ3v) is 3.48. The average molecular weight is 328 g/mol. The minimum atomic E-state index is -0.0480. The summed E-state index contributed by atoms with van der Waals surface area (Å²) in [6, 6.07) is 3.53. The molecule has 1 aromatic carbocycles. The maximum absolute atomic E-state index is 11.9. The van der Waals surface area contributed by atoms with Crippen molar-refractivity contribution >= 4 is 21.7 Å². The molecule has 1 heterocycles. The number of rotatable bonds is 3. The van der Waals surface area contributed by atoms with E-state index >= 15 is 0 Å². The predicted octanol–water partition coefficient (Wildman–Crippen LogP) is 2.65. The number of ether oxygens (including phenoxy) is 2. The Balaban J connectivity index is 2.34. The van der Waals surface area contributed by atoms with Crippen molar-refractivity contribution in [2.45, 2.75) is 13.8 Å². The van der Waals surface area contributed by atoms with Crippen molar-refractivity contribution in [3.05, 3.63) is 22.2 Å². The Morgan fingerprint density at radius 3 is 2.74 bits per heavy atom. The number of carbonyl (C=O) groups excluding carboxylic acids is 1. The molecule has 0 spiro atoms. The first-order chi connectivity index (χ1) is 8.93. The highest BCUT2D eigenvalue weighted by Gasteiger charge is 2.27. The van der Waals surface area contributed by atoms with Gasteiger partial charge in [0.25, 0.3) is 0 Å². The maximum atomic E-state index is 11.9. The van der Waals surface area contributed by atoms with Crippen molar-refractivity contribution in [1.29, 1.82) is 0 Å². The van der Waals surface area contributed by atoms with Gasteiger partial charge < -0.3 is 14.8 Å². The molecule has 0 amide bonds. The third kappa shape index (κ3) is 3.28. The molecule has 0 saturated heterocycles. The molecule has 5 heteroatoms. The molecule has 0 aliphatic carbocycles. The molecular formula is C14H18BrNO3. The second-order valence-corrected chi connectivity index (χ2v) is 6.33. The minimum Gasteiger partial charge on any atom is -0.489 e. The monoisotopic (exact) mass is 327 g/mol. The van der Waals surface area contributed by atoms with E-state index in [0.29, 0.717) is 36.8 Å². The number of halogens is 1. The lowest BCUT2D eigenvalue weighted by Gasteiger charge is -2.19. The van der Waals surface area contributed by atoms with E-state index in [9.17, 15) is 4.79 Å². The molecule has 0 radical (unpaired) electrons. The highest BCUT2D eigenvalue weighted by atomic mass is 79.9. The average Bonchev–Trinajstić information content (AvgIpc) is 2.49.